The highest BCUT2D eigenvalue weighted by Crippen LogP contribution is 2.47. The van der Waals surface area contributed by atoms with Crippen LogP contribution in [0.5, 0.6) is 0 Å². The number of carbonyl (C=O) groups excluding carboxylic acids is 2. The summed E-state index contributed by atoms with van der Waals surface area (Å²) in [6.45, 7) is 3.17. The fraction of sp³-hybridized carbons (Fsp3) is 0.364. The SMILES string of the molecule is CCOC(=O)C1(C(=O)OCC)N[C@H](c2ccccc2)[C@H]([N+](=O)[O-])[C@H]1c1cccc(Cl)c1. The average molecular weight is 447 g/mol. The minimum Gasteiger partial charge on any atom is -0.464 e. The summed E-state index contributed by atoms with van der Waals surface area (Å²) in [6.07, 6.45) is 0. The summed E-state index contributed by atoms with van der Waals surface area (Å²) in [5.41, 5.74) is -1.19. The highest BCUT2D eigenvalue weighted by molar-refractivity contribution is 6.30. The fourth-order valence-corrected chi connectivity index (χ4v) is 4.34. The van der Waals surface area contributed by atoms with Gasteiger partial charge >= 0.3 is 11.9 Å². The van der Waals surface area contributed by atoms with Crippen molar-refractivity contribution in [2.75, 3.05) is 13.2 Å². The Balaban J connectivity index is 2.29. The van der Waals surface area contributed by atoms with Gasteiger partial charge in [0.2, 0.25) is 11.6 Å². The molecule has 1 saturated heterocycles. The van der Waals surface area contributed by atoms with Crippen molar-refractivity contribution in [3.05, 3.63) is 80.9 Å². The molecule has 1 heterocycles. The summed E-state index contributed by atoms with van der Waals surface area (Å²) in [5.74, 6) is -3.07. The molecule has 0 bridgehead atoms. The molecule has 9 heteroatoms. The quantitative estimate of drug-likeness (QED) is 0.301. The van der Waals surface area contributed by atoms with Gasteiger partial charge in [-0.15, -0.1) is 0 Å². The monoisotopic (exact) mass is 446 g/mol. The minimum atomic E-state index is -2.12. The molecular weight excluding hydrogens is 424 g/mol. The lowest BCUT2D eigenvalue weighted by Crippen LogP contribution is -2.60. The molecule has 164 valence electrons. The molecule has 31 heavy (non-hydrogen) atoms. The molecule has 3 atom stereocenters. The molecule has 3 rings (SSSR count). The number of nitrogens with one attached hydrogen (secondary N) is 1. The molecule has 2 aromatic carbocycles. The van der Waals surface area contributed by atoms with E-state index in [0.717, 1.165) is 0 Å². The first kappa shape index (κ1) is 22.7. The Labute approximate surface area is 184 Å². The normalized spacial score (nSPS) is 22.0. The number of esters is 2. The van der Waals surface area contributed by atoms with E-state index in [9.17, 15) is 19.7 Å². The number of benzene rings is 2. The third kappa shape index (κ3) is 4.13. The van der Waals surface area contributed by atoms with Gasteiger partial charge < -0.3 is 9.47 Å². The van der Waals surface area contributed by atoms with Crippen molar-refractivity contribution >= 4 is 23.5 Å². The van der Waals surface area contributed by atoms with Gasteiger partial charge in [0.1, 0.15) is 6.04 Å². The molecular formula is C22H23ClN2O6. The third-order valence-electron chi connectivity index (χ3n) is 5.34. The summed E-state index contributed by atoms with van der Waals surface area (Å²) >= 11 is 6.16. The van der Waals surface area contributed by atoms with Gasteiger partial charge in [0, 0.05) is 9.95 Å². The van der Waals surface area contributed by atoms with Crippen molar-refractivity contribution in [3.8, 4) is 0 Å². The maximum atomic E-state index is 13.3. The molecule has 0 aromatic heterocycles. The zero-order valence-corrected chi connectivity index (χ0v) is 17.9. The van der Waals surface area contributed by atoms with Crippen LogP contribution in [0.4, 0.5) is 0 Å². The Kier molecular flexibility index (Phi) is 6.92. The van der Waals surface area contributed by atoms with Crippen molar-refractivity contribution in [1.29, 1.82) is 0 Å². The van der Waals surface area contributed by atoms with E-state index >= 15 is 0 Å². The van der Waals surface area contributed by atoms with Gasteiger partial charge in [-0.2, -0.15) is 0 Å². The van der Waals surface area contributed by atoms with Crippen molar-refractivity contribution in [1.82, 2.24) is 5.32 Å². The van der Waals surface area contributed by atoms with E-state index in [1.54, 1.807) is 62.4 Å². The van der Waals surface area contributed by atoms with Crippen molar-refractivity contribution < 1.29 is 24.0 Å². The zero-order valence-electron chi connectivity index (χ0n) is 17.1. The van der Waals surface area contributed by atoms with Crippen LogP contribution in [-0.2, 0) is 19.1 Å². The first-order valence-corrected chi connectivity index (χ1v) is 10.3. The van der Waals surface area contributed by atoms with E-state index in [1.165, 1.54) is 6.07 Å². The maximum absolute atomic E-state index is 13.3. The predicted octanol–water partition coefficient (Wildman–Crippen LogP) is 3.28. The number of hydrogen-bond acceptors (Lipinski definition) is 7. The maximum Gasteiger partial charge on any atom is 0.339 e. The molecule has 0 unspecified atom stereocenters. The Morgan fingerprint density at radius 3 is 2.13 bits per heavy atom. The average Bonchev–Trinajstić information content (AvgIpc) is 3.12. The summed E-state index contributed by atoms with van der Waals surface area (Å²) < 4.78 is 10.5. The Morgan fingerprint density at radius 1 is 1.03 bits per heavy atom. The van der Waals surface area contributed by atoms with Crippen LogP contribution in [0.1, 0.15) is 36.9 Å². The van der Waals surface area contributed by atoms with Gasteiger partial charge in [-0.25, -0.2) is 9.59 Å². The van der Waals surface area contributed by atoms with Crippen molar-refractivity contribution in [2.45, 2.75) is 37.4 Å². The Morgan fingerprint density at radius 2 is 1.61 bits per heavy atom. The van der Waals surface area contributed by atoms with E-state index < -0.39 is 40.4 Å². The molecule has 0 radical (unpaired) electrons. The van der Waals surface area contributed by atoms with Crippen LogP contribution in [0.3, 0.4) is 0 Å². The molecule has 1 fully saturated rings. The van der Waals surface area contributed by atoms with E-state index in [2.05, 4.69) is 5.32 Å². The molecule has 0 amide bonds. The smallest absolute Gasteiger partial charge is 0.339 e. The van der Waals surface area contributed by atoms with Crippen LogP contribution in [0.15, 0.2) is 54.6 Å². The Bertz CT molecular complexity index is 949. The summed E-state index contributed by atoms with van der Waals surface area (Å²) in [7, 11) is 0. The van der Waals surface area contributed by atoms with Gasteiger partial charge in [-0.1, -0.05) is 54.1 Å². The predicted molar refractivity (Wildman–Crippen MR) is 113 cm³/mol. The standard InChI is InChI=1S/C22H23ClN2O6/c1-3-30-20(26)22(21(27)31-4-2)17(15-11-8-12-16(23)13-15)19(25(28)29)18(24-22)14-9-6-5-7-10-14/h5-13,17-19,24H,3-4H2,1-2H3/t17-,18-,19-/m1/s1. The molecule has 0 saturated carbocycles. The van der Waals surface area contributed by atoms with Crippen LogP contribution in [0.2, 0.25) is 5.02 Å². The second-order valence-electron chi connectivity index (χ2n) is 7.09. The lowest BCUT2D eigenvalue weighted by molar-refractivity contribution is -0.527. The molecule has 2 aromatic rings. The van der Waals surface area contributed by atoms with Crippen molar-refractivity contribution in [3.63, 3.8) is 0 Å². The lowest BCUT2D eigenvalue weighted by atomic mass is 9.77. The summed E-state index contributed by atoms with van der Waals surface area (Å²) in [4.78, 5) is 38.4. The number of carbonyl (C=O) groups is 2. The van der Waals surface area contributed by atoms with E-state index in [4.69, 9.17) is 21.1 Å². The van der Waals surface area contributed by atoms with E-state index in [0.29, 0.717) is 16.1 Å². The first-order valence-electron chi connectivity index (χ1n) is 9.92. The van der Waals surface area contributed by atoms with Gasteiger partial charge in [-0.05, 0) is 37.1 Å². The number of hydrogen-bond donors (Lipinski definition) is 1. The molecule has 1 aliphatic heterocycles. The van der Waals surface area contributed by atoms with Gasteiger partial charge in [-0.3, -0.25) is 15.4 Å². The number of ether oxygens (including phenoxy) is 2. The zero-order chi connectivity index (χ0) is 22.6. The molecule has 1 N–H and O–H groups in total. The van der Waals surface area contributed by atoms with Gasteiger partial charge in [0.15, 0.2) is 0 Å². The summed E-state index contributed by atoms with van der Waals surface area (Å²) in [5, 5.41) is 15.6. The van der Waals surface area contributed by atoms with Crippen LogP contribution >= 0.6 is 11.6 Å². The highest BCUT2D eigenvalue weighted by atomic mass is 35.5. The number of halogens is 1. The summed E-state index contributed by atoms with van der Waals surface area (Å²) in [6, 6.07) is 12.7. The van der Waals surface area contributed by atoms with Crippen LogP contribution in [0, 0.1) is 10.1 Å². The van der Waals surface area contributed by atoms with Crippen LogP contribution in [0.25, 0.3) is 0 Å². The third-order valence-corrected chi connectivity index (χ3v) is 5.57. The number of rotatable bonds is 7. The topological polar surface area (TPSA) is 108 Å². The Hall–Kier alpha value is -2.97. The molecule has 8 nitrogen and oxygen atoms in total. The largest absolute Gasteiger partial charge is 0.464 e. The molecule has 0 aliphatic carbocycles. The van der Waals surface area contributed by atoms with E-state index in [-0.39, 0.29) is 13.2 Å². The van der Waals surface area contributed by atoms with Crippen molar-refractivity contribution in [2.24, 2.45) is 0 Å². The lowest BCUT2D eigenvalue weighted by Gasteiger charge is -2.30. The fourth-order valence-electron chi connectivity index (χ4n) is 4.15. The van der Waals surface area contributed by atoms with Crippen LogP contribution < -0.4 is 5.32 Å². The number of nitro groups is 1. The second-order valence-corrected chi connectivity index (χ2v) is 7.53. The minimum absolute atomic E-state index is 0.0108. The second kappa shape index (κ2) is 9.45. The van der Waals surface area contributed by atoms with Crippen LogP contribution in [-0.4, -0.2) is 41.7 Å². The molecule has 0 spiro atoms. The number of nitrogens with zero attached hydrogens (tertiary/aromatic N) is 1. The van der Waals surface area contributed by atoms with Gasteiger partial charge in [0.25, 0.3) is 0 Å². The van der Waals surface area contributed by atoms with E-state index in [1.807, 2.05) is 0 Å². The molecule has 1 aliphatic rings. The highest BCUT2D eigenvalue weighted by Gasteiger charge is 2.69. The van der Waals surface area contributed by atoms with Gasteiger partial charge in [0.05, 0.1) is 19.1 Å². The first-order chi connectivity index (χ1) is 14.9.